The Morgan fingerprint density at radius 2 is 1.79 bits per heavy atom. The summed E-state index contributed by atoms with van der Waals surface area (Å²) >= 11 is 5.87. The van der Waals surface area contributed by atoms with E-state index in [1.165, 1.54) is 5.56 Å². The van der Waals surface area contributed by atoms with E-state index in [2.05, 4.69) is 6.92 Å². The average Bonchev–Trinajstić information content (AvgIpc) is 2.41. The van der Waals surface area contributed by atoms with Crippen LogP contribution >= 0.6 is 11.6 Å². The van der Waals surface area contributed by atoms with Gasteiger partial charge in [0, 0.05) is 10.6 Å². The zero-order chi connectivity index (χ0) is 13.8. The van der Waals surface area contributed by atoms with Crippen molar-refractivity contribution in [3.8, 4) is 0 Å². The molecule has 98 valence electrons. The maximum absolute atomic E-state index is 11.4. The summed E-state index contributed by atoms with van der Waals surface area (Å²) in [5.74, 6) is -0.150. The van der Waals surface area contributed by atoms with Gasteiger partial charge in [0.15, 0.2) is 0 Å². The van der Waals surface area contributed by atoms with Crippen LogP contribution in [0.15, 0.2) is 48.5 Å². The molecule has 0 saturated carbocycles. The Hall–Kier alpha value is -1.80. The quantitative estimate of drug-likeness (QED) is 0.905. The van der Waals surface area contributed by atoms with Crippen molar-refractivity contribution in [2.24, 2.45) is 5.73 Å². The summed E-state index contributed by atoms with van der Waals surface area (Å²) in [6.45, 7) is 2.09. The largest absolute Gasteiger partial charge is 0.366 e. The molecule has 2 aromatic carbocycles. The van der Waals surface area contributed by atoms with E-state index in [1.54, 1.807) is 6.07 Å². The number of amides is 1. The highest BCUT2D eigenvalue weighted by Gasteiger charge is 2.14. The van der Waals surface area contributed by atoms with Gasteiger partial charge >= 0.3 is 0 Å². The van der Waals surface area contributed by atoms with Crippen LogP contribution in [-0.4, -0.2) is 5.91 Å². The first-order valence-electron chi connectivity index (χ1n) is 6.21. The van der Waals surface area contributed by atoms with E-state index in [0.717, 1.165) is 17.0 Å². The smallest absolute Gasteiger partial charge is 0.248 e. The predicted octanol–water partition coefficient (Wildman–Crippen LogP) is 3.79. The van der Waals surface area contributed by atoms with Crippen molar-refractivity contribution < 1.29 is 4.79 Å². The molecule has 0 saturated heterocycles. The maximum atomic E-state index is 11.4. The van der Waals surface area contributed by atoms with Gasteiger partial charge in [0.25, 0.3) is 0 Å². The van der Waals surface area contributed by atoms with Crippen LogP contribution in [0.25, 0.3) is 0 Å². The average molecular weight is 274 g/mol. The van der Waals surface area contributed by atoms with Crippen molar-refractivity contribution in [3.05, 3.63) is 70.2 Å². The molecule has 0 fully saturated rings. The molecule has 0 radical (unpaired) electrons. The molecule has 2 aromatic rings. The molecule has 1 unspecified atom stereocenters. The lowest BCUT2D eigenvalue weighted by Gasteiger charge is -2.15. The molecule has 0 bridgehead atoms. The van der Waals surface area contributed by atoms with Gasteiger partial charge in [-0.3, -0.25) is 4.79 Å². The van der Waals surface area contributed by atoms with E-state index in [1.807, 2.05) is 42.5 Å². The van der Waals surface area contributed by atoms with E-state index in [9.17, 15) is 4.79 Å². The lowest BCUT2D eigenvalue weighted by atomic mass is 9.90. The second-order valence-electron chi connectivity index (χ2n) is 4.68. The van der Waals surface area contributed by atoms with Crippen LogP contribution in [0.5, 0.6) is 0 Å². The summed E-state index contributed by atoms with van der Waals surface area (Å²) in [6.07, 6.45) is 0.849. The van der Waals surface area contributed by atoms with E-state index in [-0.39, 0.29) is 11.8 Å². The second kappa shape index (κ2) is 5.89. The van der Waals surface area contributed by atoms with Gasteiger partial charge in [-0.25, -0.2) is 0 Å². The van der Waals surface area contributed by atoms with Crippen LogP contribution in [0.1, 0.15) is 34.3 Å². The molecule has 0 aliphatic rings. The van der Waals surface area contributed by atoms with Gasteiger partial charge in [0.2, 0.25) is 5.91 Å². The highest BCUT2D eigenvalue weighted by molar-refractivity contribution is 6.30. The van der Waals surface area contributed by atoms with Gasteiger partial charge in [0.05, 0.1) is 0 Å². The first-order valence-corrected chi connectivity index (χ1v) is 6.59. The molecule has 0 heterocycles. The SMILES string of the molecule is CC(Cc1ccc(Cl)cc1)c1ccccc1C(N)=O. The number of halogens is 1. The Morgan fingerprint density at radius 1 is 1.16 bits per heavy atom. The molecule has 0 aliphatic heterocycles. The van der Waals surface area contributed by atoms with Gasteiger partial charge in [-0.1, -0.05) is 48.9 Å². The Labute approximate surface area is 118 Å². The number of primary amides is 1. The molecule has 19 heavy (non-hydrogen) atoms. The molecule has 0 aromatic heterocycles. The number of benzene rings is 2. The zero-order valence-corrected chi connectivity index (χ0v) is 11.5. The minimum Gasteiger partial charge on any atom is -0.366 e. The minimum absolute atomic E-state index is 0.227. The van der Waals surface area contributed by atoms with Crippen molar-refractivity contribution in [2.45, 2.75) is 19.3 Å². The molecule has 2 nitrogen and oxygen atoms in total. The third-order valence-corrected chi connectivity index (χ3v) is 3.46. The number of nitrogens with two attached hydrogens (primary N) is 1. The van der Waals surface area contributed by atoms with Gasteiger partial charge in [0.1, 0.15) is 0 Å². The van der Waals surface area contributed by atoms with Gasteiger partial charge in [-0.15, -0.1) is 0 Å². The molecule has 2 rings (SSSR count). The molecule has 3 heteroatoms. The molecule has 0 aliphatic carbocycles. The lowest BCUT2D eigenvalue weighted by Crippen LogP contribution is -2.15. The van der Waals surface area contributed by atoms with Crippen molar-refractivity contribution in [1.82, 2.24) is 0 Å². The number of carbonyl (C=O) groups is 1. The number of carbonyl (C=O) groups excluding carboxylic acids is 1. The third kappa shape index (κ3) is 3.36. The van der Waals surface area contributed by atoms with Crippen LogP contribution in [0.3, 0.4) is 0 Å². The zero-order valence-electron chi connectivity index (χ0n) is 10.8. The Balaban J connectivity index is 2.22. The van der Waals surface area contributed by atoms with Gasteiger partial charge in [-0.2, -0.15) is 0 Å². The van der Waals surface area contributed by atoms with Crippen LogP contribution < -0.4 is 5.73 Å². The first kappa shape index (κ1) is 13.6. The van der Waals surface area contributed by atoms with Crippen LogP contribution in [0.2, 0.25) is 5.02 Å². The fourth-order valence-corrected chi connectivity index (χ4v) is 2.36. The summed E-state index contributed by atoms with van der Waals surface area (Å²) in [6, 6.07) is 15.3. The Morgan fingerprint density at radius 3 is 2.42 bits per heavy atom. The lowest BCUT2D eigenvalue weighted by molar-refractivity contribution is 0.0999. The fourth-order valence-electron chi connectivity index (χ4n) is 2.24. The standard InChI is InChI=1S/C16H16ClNO/c1-11(10-12-6-8-13(17)9-7-12)14-4-2-3-5-15(14)16(18)19/h2-9,11H,10H2,1H3,(H2,18,19). The molecule has 0 spiro atoms. The van der Waals surface area contributed by atoms with Gasteiger partial charge in [-0.05, 0) is 41.7 Å². The highest BCUT2D eigenvalue weighted by Crippen LogP contribution is 2.24. The van der Waals surface area contributed by atoms with Crippen LogP contribution in [-0.2, 0) is 6.42 Å². The Bertz CT molecular complexity index is 578. The summed E-state index contributed by atoms with van der Waals surface area (Å²) < 4.78 is 0. The van der Waals surface area contributed by atoms with Crippen LogP contribution in [0.4, 0.5) is 0 Å². The number of hydrogen-bond donors (Lipinski definition) is 1. The molecular weight excluding hydrogens is 258 g/mol. The Kier molecular flexibility index (Phi) is 4.23. The second-order valence-corrected chi connectivity index (χ2v) is 5.12. The fraction of sp³-hybridized carbons (Fsp3) is 0.188. The molecule has 1 atom stereocenters. The summed E-state index contributed by atoms with van der Waals surface area (Å²) in [4.78, 5) is 11.4. The summed E-state index contributed by atoms with van der Waals surface area (Å²) in [5.41, 5.74) is 8.19. The van der Waals surface area contributed by atoms with E-state index < -0.39 is 0 Å². The van der Waals surface area contributed by atoms with Crippen molar-refractivity contribution in [1.29, 1.82) is 0 Å². The van der Waals surface area contributed by atoms with Crippen LogP contribution in [0, 0.1) is 0 Å². The monoisotopic (exact) mass is 273 g/mol. The minimum atomic E-state index is -0.376. The number of hydrogen-bond acceptors (Lipinski definition) is 1. The highest BCUT2D eigenvalue weighted by atomic mass is 35.5. The molecular formula is C16H16ClNO. The summed E-state index contributed by atoms with van der Waals surface area (Å²) in [7, 11) is 0. The van der Waals surface area contributed by atoms with E-state index in [4.69, 9.17) is 17.3 Å². The summed E-state index contributed by atoms with van der Waals surface area (Å²) in [5, 5.41) is 0.730. The number of rotatable bonds is 4. The normalized spacial score (nSPS) is 12.1. The van der Waals surface area contributed by atoms with Crippen molar-refractivity contribution in [3.63, 3.8) is 0 Å². The first-order chi connectivity index (χ1) is 9.08. The topological polar surface area (TPSA) is 43.1 Å². The maximum Gasteiger partial charge on any atom is 0.248 e. The van der Waals surface area contributed by atoms with Crippen molar-refractivity contribution >= 4 is 17.5 Å². The van der Waals surface area contributed by atoms with E-state index in [0.29, 0.717) is 5.56 Å². The molecule has 1 amide bonds. The van der Waals surface area contributed by atoms with Crippen molar-refractivity contribution in [2.75, 3.05) is 0 Å². The predicted molar refractivity (Wildman–Crippen MR) is 78.5 cm³/mol. The van der Waals surface area contributed by atoms with E-state index >= 15 is 0 Å². The molecule has 2 N–H and O–H groups in total. The third-order valence-electron chi connectivity index (χ3n) is 3.21. The van der Waals surface area contributed by atoms with Gasteiger partial charge < -0.3 is 5.73 Å².